The molecule has 2 aromatic rings. The predicted molar refractivity (Wildman–Crippen MR) is 49.5 cm³/mol. The molecule has 0 unspecified atom stereocenters. The van der Waals surface area contributed by atoms with E-state index in [1.165, 1.54) is 12.3 Å². The van der Waals surface area contributed by atoms with Crippen molar-refractivity contribution in [2.45, 2.75) is 0 Å². The number of nitrogens with one attached hydrogen (secondary N) is 1. The maximum absolute atomic E-state index is 13.2. The highest BCUT2D eigenvalue weighted by atomic mass is 19.1. The van der Waals surface area contributed by atoms with Gasteiger partial charge in [0, 0.05) is 11.6 Å². The average molecular weight is 177 g/mol. The molecule has 0 bridgehead atoms. The van der Waals surface area contributed by atoms with Crippen LogP contribution >= 0.6 is 0 Å². The van der Waals surface area contributed by atoms with Gasteiger partial charge in [0.05, 0.1) is 5.69 Å². The third-order valence-corrected chi connectivity index (χ3v) is 1.88. The van der Waals surface area contributed by atoms with Gasteiger partial charge in [0.2, 0.25) is 0 Å². The van der Waals surface area contributed by atoms with Crippen molar-refractivity contribution in [1.29, 1.82) is 0 Å². The number of halogens is 1. The van der Waals surface area contributed by atoms with Gasteiger partial charge in [-0.15, -0.1) is 0 Å². The second-order valence-corrected chi connectivity index (χ2v) is 2.64. The number of nitrogens with zero attached hydrogens (tertiary/aromatic N) is 1. The Bertz CT molecular complexity index is 442. The summed E-state index contributed by atoms with van der Waals surface area (Å²) in [5.41, 5.74) is 3.49. The number of benzene rings is 1. The van der Waals surface area contributed by atoms with E-state index in [1.54, 1.807) is 18.2 Å². The molecule has 3 nitrogen and oxygen atoms in total. The van der Waals surface area contributed by atoms with Gasteiger partial charge in [-0.1, -0.05) is 12.1 Å². The number of hydrazine groups is 1. The summed E-state index contributed by atoms with van der Waals surface area (Å²) in [6.07, 6.45) is 1.51. The van der Waals surface area contributed by atoms with E-state index in [9.17, 15) is 4.39 Å². The second-order valence-electron chi connectivity index (χ2n) is 2.64. The molecule has 0 aliphatic rings. The van der Waals surface area contributed by atoms with Crippen LogP contribution in [0.2, 0.25) is 0 Å². The van der Waals surface area contributed by atoms with Crippen LogP contribution in [0.25, 0.3) is 10.9 Å². The van der Waals surface area contributed by atoms with E-state index in [1.807, 2.05) is 0 Å². The Labute approximate surface area is 74.4 Å². The van der Waals surface area contributed by atoms with Crippen LogP contribution in [0.3, 0.4) is 0 Å². The van der Waals surface area contributed by atoms with Crippen molar-refractivity contribution in [3.05, 3.63) is 36.3 Å². The average Bonchev–Trinajstić information content (AvgIpc) is 2.18. The summed E-state index contributed by atoms with van der Waals surface area (Å²) >= 11 is 0. The lowest BCUT2D eigenvalue weighted by molar-refractivity contribution is 0.637. The van der Waals surface area contributed by atoms with Crippen molar-refractivity contribution in [2.75, 3.05) is 5.43 Å². The molecule has 0 amide bonds. The van der Waals surface area contributed by atoms with Gasteiger partial charge in [0.15, 0.2) is 0 Å². The number of anilines is 1. The molecule has 0 atom stereocenters. The van der Waals surface area contributed by atoms with Crippen LogP contribution in [-0.2, 0) is 0 Å². The van der Waals surface area contributed by atoms with E-state index in [2.05, 4.69) is 10.4 Å². The first-order chi connectivity index (χ1) is 6.33. The SMILES string of the molecule is NNc1ccnc2c(F)cccc12. The first-order valence-corrected chi connectivity index (χ1v) is 3.83. The first kappa shape index (κ1) is 7.94. The summed E-state index contributed by atoms with van der Waals surface area (Å²) in [5, 5.41) is 0.685. The molecule has 0 aliphatic heterocycles. The number of rotatable bonds is 1. The molecule has 1 aromatic heterocycles. The number of para-hydroxylation sites is 1. The van der Waals surface area contributed by atoms with E-state index >= 15 is 0 Å². The number of nitrogen functional groups attached to an aromatic ring is 1. The largest absolute Gasteiger partial charge is 0.323 e. The Kier molecular flexibility index (Phi) is 1.83. The van der Waals surface area contributed by atoms with Crippen molar-refractivity contribution in [3.63, 3.8) is 0 Å². The fourth-order valence-electron chi connectivity index (χ4n) is 1.27. The van der Waals surface area contributed by atoms with Crippen LogP contribution in [0.5, 0.6) is 0 Å². The molecule has 0 spiro atoms. The molecular formula is C9H8FN3. The Balaban J connectivity index is 2.84. The zero-order chi connectivity index (χ0) is 9.26. The lowest BCUT2D eigenvalue weighted by Crippen LogP contribution is -2.07. The molecular weight excluding hydrogens is 169 g/mol. The van der Waals surface area contributed by atoms with E-state index in [-0.39, 0.29) is 5.82 Å². The molecule has 0 saturated heterocycles. The van der Waals surface area contributed by atoms with Gasteiger partial charge >= 0.3 is 0 Å². The zero-order valence-electron chi connectivity index (χ0n) is 6.79. The Hall–Kier alpha value is -1.68. The van der Waals surface area contributed by atoms with Crippen molar-refractivity contribution in [1.82, 2.24) is 4.98 Å². The first-order valence-electron chi connectivity index (χ1n) is 3.83. The summed E-state index contributed by atoms with van der Waals surface area (Å²) in [5.74, 6) is 4.93. The van der Waals surface area contributed by atoms with Gasteiger partial charge < -0.3 is 5.43 Å². The summed E-state index contributed by atoms with van der Waals surface area (Å²) in [6, 6.07) is 6.46. The van der Waals surface area contributed by atoms with Crippen LogP contribution in [0.15, 0.2) is 30.5 Å². The lowest BCUT2D eigenvalue weighted by atomic mass is 10.2. The zero-order valence-corrected chi connectivity index (χ0v) is 6.79. The molecule has 66 valence electrons. The highest BCUT2D eigenvalue weighted by Crippen LogP contribution is 2.21. The summed E-state index contributed by atoms with van der Waals surface area (Å²) in [6.45, 7) is 0. The monoisotopic (exact) mass is 177 g/mol. The molecule has 13 heavy (non-hydrogen) atoms. The fraction of sp³-hybridized carbons (Fsp3) is 0. The molecule has 4 heteroatoms. The molecule has 0 fully saturated rings. The van der Waals surface area contributed by atoms with Gasteiger partial charge in [-0.2, -0.15) is 0 Å². The maximum atomic E-state index is 13.2. The second kappa shape index (κ2) is 2.99. The van der Waals surface area contributed by atoms with E-state index in [4.69, 9.17) is 5.84 Å². The minimum absolute atomic E-state index is 0.331. The molecule has 0 aliphatic carbocycles. The third kappa shape index (κ3) is 1.21. The summed E-state index contributed by atoms with van der Waals surface area (Å²) < 4.78 is 13.2. The molecule has 3 N–H and O–H groups in total. The topological polar surface area (TPSA) is 50.9 Å². The number of nitrogens with two attached hydrogens (primary N) is 1. The van der Waals surface area contributed by atoms with E-state index in [0.29, 0.717) is 16.6 Å². The van der Waals surface area contributed by atoms with Crippen LogP contribution in [-0.4, -0.2) is 4.98 Å². The Morgan fingerprint density at radius 3 is 2.92 bits per heavy atom. The molecule has 1 aromatic carbocycles. The smallest absolute Gasteiger partial charge is 0.149 e. The highest BCUT2D eigenvalue weighted by Gasteiger charge is 2.03. The Morgan fingerprint density at radius 2 is 2.15 bits per heavy atom. The molecule has 1 heterocycles. The number of pyridine rings is 1. The van der Waals surface area contributed by atoms with Crippen LogP contribution in [0.4, 0.5) is 10.1 Å². The molecule has 0 saturated carbocycles. The van der Waals surface area contributed by atoms with Gasteiger partial charge in [0.25, 0.3) is 0 Å². The number of hydrogen-bond donors (Lipinski definition) is 2. The number of hydrogen-bond acceptors (Lipinski definition) is 3. The summed E-state index contributed by atoms with van der Waals surface area (Å²) in [4.78, 5) is 3.92. The minimum Gasteiger partial charge on any atom is -0.323 e. The van der Waals surface area contributed by atoms with Crippen molar-refractivity contribution >= 4 is 16.6 Å². The van der Waals surface area contributed by atoms with E-state index < -0.39 is 0 Å². The highest BCUT2D eigenvalue weighted by molar-refractivity contribution is 5.90. The van der Waals surface area contributed by atoms with Crippen molar-refractivity contribution in [2.24, 2.45) is 5.84 Å². The van der Waals surface area contributed by atoms with Crippen molar-refractivity contribution in [3.8, 4) is 0 Å². The quantitative estimate of drug-likeness (QED) is 0.514. The minimum atomic E-state index is -0.338. The summed E-state index contributed by atoms with van der Waals surface area (Å²) in [7, 11) is 0. The van der Waals surface area contributed by atoms with Crippen LogP contribution in [0, 0.1) is 5.82 Å². The van der Waals surface area contributed by atoms with Gasteiger partial charge in [0.1, 0.15) is 11.3 Å². The van der Waals surface area contributed by atoms with Gasteiger partial charge in [-0.3, -0.25) is 10.8 Å². The Morgan fingerprint density at radius 1 is 1.31 bits per heavy atom. The lowest BCUT2D eigenvalue weighted by Gasteiger charge is -2.04. The maximum Gasteiger partial charge on any atom is 0.149 e. The normalized spacial score (nSPS) is 10.3. The number of fused-ring (bicyclic) bond motifs is 1. The fourth-order valence-corrected chi connectivity index (χ4v) is 1.27. The number of aromatic nitrogens is 1. The van der Waals surface area contributed by atoms with Crippen LogP contribution < -0.4 is 11.3 Å². The molecule has 2 rings (SSSR count). The van der Waals surface area contributed by atoms with Crippen molar-refractivity contribution < 1.29 is 4.39 Å². The van der Waals surface area contributed by atoms with Crippen LogP contribution in [0.1, 0.15) is 0 Å². The van der Waals surface area contributed by atoms with Gasteiger partial charge in [-0.25, -0.2) is 4.39 Å². The predicted octanol–water partition coefficient (Wildman–Crippen LogP) is 1.66. The standard InChI is InChI=1S/C9H8FN3/c10-7-3-1-2-6-8(13-11)4-5-12-9(6)7/h1-5H,11H2,(H,12,13). The van der Waals surface area contributed by atoms with E-state index in [0.717, 1.165) is 0 Å². The third-order valence-electron chi connectivity index (χ3n) is 1.88. The molecule has 0 radical (unpaired) electrons. The van der Waals surface area contributed by atoms with Gasteiger partial charge in [-0.05, 0) is 12.1 Å².